The van der Waals surface area contributed by atoms with Gasteiger partial charge in [0.1, 0.15) is 25.0 Å². The van der Waals surface area contributed by atoms with Crippen LogP contribution in [-0.2, 0) is 14.8 Å². The van der Waals surface area contributed by atoms with Gasteiger partial charge >= 0.3 is 0 Å². The molecule has 0 bridgehead atoms. The number of sulfonamides is 1. The van der Waals surface area contributed by atoms with E-state index in [9.17, 15) is 13.2 Å². The highest BCUT2D eigenvalue weighted by Crippen LogP contribution is 2.33. The second kappa shape index (κ2) is 8.60. The first-order valence-corrected chi connectivity index (χ1v) is 11.1. The highest BCUT2D eigenvalue weighted by Gasteiger charge is 2.29. The topological polar surface area (TPSA) is 94.2 Å². The molecule has 8 nitrogen and oxygen atoms in total. The lowest BCUT2D eigenvalue weighted by molar-refractivity contribution is -0.116. The van der Waals surface area contributed by atoms with Crippen molar-refractivity contribution in [1.82, 2.24) is 0 Å². The average molecular weight is 420 g/mol. The molecule has 1 heterocycles. The van der Waals surface area contributed by atoms with Crippen LogP contribution in [0.2, 0.25) is 0 Å². The Balaban J connectivity index is 1.80. The molecule has 0 fully saturated rings. The Labute approximate surface area is 170 Å². The first-order valence-electron chi connectivity index (χ1n) is 9.22. The molecule has 1 N–H and O–H groups in total. The zero-order valence-corrected chi connectivity index (χ0v) is 17.4. The van der Waals surface area contributed by atoms with Crippen molar-refractivity contribution in [3.8, 4) is 17.2 Å². The van der Waals surface area contributed by atoms with E-state index in [1.54, 1.807) is 42.5 Å². The molecule has 0 radical (unpaired) electrons. The minimum absolute atomic E-state index is 0.376. The Morgan fingerprint density at radius 1 is 1.14 bits per heavy atom. The van der Waals surface area contributed by atoms with Crippen molar-refractivity contribution in [1.29, 1.82) is 0 Å². The van der Waals surface area contributed by atoms with E-state index in [1.807, 2.05) is 6.92 Å². The minimum atomic E-state index is -3.71. The molecule has 1 amide bonds. The van der Waals surface area contributed by atoms with Gasteiger partial charge in [-0.1, -0.05) is 0 Å². The van der Waals surface area contributed by atoms with Gasteiger partial charge in [0.25, 0.3) is 0 Å². The van der Waals surface area contributed by atoms with E-state index in [-0.39, 0.29) is 0 Å². The number of nitrogens with one attached hydrogen (secondary N) is 1. The lowest BCUT2D eigenvalue weighted by Gasteiger charge is -2.28. The molecule has 3 rings (SSSR count). The third kappa shape index (κ3) is 4.92. The molecule has 2 aromatic carbocycles. The number of ether oxygens (including phenoxy) is 3. The predicted octanol–water partition coefficient (Wildman–Crippen LogP) is 2.65. The van der Waals surface area contributed by atoms with E-state index in [2.05, 4.69) is 5.32 Å². The Morgan fingerprint density at radius 3 is 2.41 bits per heavy atom. The summed E-state index contributed by atoms with van der Waals surface area (Å²) in [6.07, 6.45) is 1.07. The molecule has 0 spiro atoms. The Bertz CT molecular complexity index is 975. The van der Waals surface area contributed by atoms with Crippen LogP contribution < -0.4 is 23.8 Å². The third-order valence-corrected chi connectivity index (χ3v) is 5.54. The molecule has 1 aliphatic heterocycles. The summed E-state index contributed by atoms with van der Waals surface area (Å²) in [6.45, 7) is 4.80. The first-order chi connectivity index (χ1) is 13.8. The van der Waals surface area contributed by atoms with Crippen LogP contribution in [0.1, 0.15) is 13.8 Å². The van der Waals surface area contributed by atoms with Gasteiger partial charge in [-0.2, -0.15) is 0 Å². The molecular formula is C20H24N2O6S. The van der Waals surface area contributed by atoms with E-state index in [0.717, 1.165) is 10.6 Å². The van der Waals surface area contributed by atoms with Crippen molar-refractivity contribution in [3.63, 3.8) is 0 Å². The van der Waals surface area contributed by atoms with Crippen molar-refractivity contribution in [3.05, 3.63) is 42.5 Å². The van der Waals surface area contributed by atoms with Gasteiger partial charge < -0.3 is 19.5 Å². The number of carbonyl (C=O) groups is 1. The quantitative estimate of drug-likeness (QED) is 0.740. The molecule has 0 aromatic heterocycles. The number of hydrogen-bond donors (Lipinski definition) is 1. The van der Waals surface area contributed by atoms with Crippen LogP contribution in [0.15, 0.2) is 42.5 Å². The van der Waals surface area contributed by atoms with E-state index in [4.69, 9.17) is 14.2 Å². The van der Waals surface area contributed by atoms with Crippen LogP contribution in [0.25, 0.3) is 0 Å². The van der Waals surface area contributed by atoms with Crippen molar-refractivity contribution in [2.75, 3.05) is 35.7 Å². The fraction of sp³-hybridized carbons (Fsp3) is 0.350. The van der Waals surface area contributed by atoms with Gasteiger partial charge in [0, 0.05) is 11.8 Å². The number of benzene rings is 2. The smallest absolute Gasteiger partial charge is 0.247 e. The van der Waals surface area contributed by atoms with Crippen LogP contribution in [-0.4, -0.2) is 46.4 Å². The lowest BCUT2D eigenvalue weighted by Crippen LogP contribution is -2.45. The lowest BCUT2D eigenvalue weighted by atomic mass is 10.2. The Hall–Kier alpha value is -2.94. The minimum Gasteiger partial charge on any atom is -0.494 e. The molecule has 2 aromatic rings. The van der Waals surface area contributed by atoms with E-state index in [0.29, 0.717) is 48.4 Å². The number of amides is 1. The number of anilines is 2. The molecule has 9 heteroatoms. The summed E-state index contributed by atoms with van der Waals surface area (Å²) >= 11 is 0. The van der Waals surface area contributed by atoms with E-state index >= 15 is 0 Å². The van der Waals surface area contributed by atoms with Crippen LogP contribution in [0.4, 0.5) is 11.4 Å². The monoisotopic (exact) mass is 420 g/mol. The van der Waals surface area contributed by atoms with Gasteiger partial charge in [-0.15, -0.1) is 0 Å². The summed E-state index contributed by atoms with van der Waals surface area (Å²) < 4.78 is 42.3. The zero-order chi connectivity index (χ0) is 21.0. The van der Waals surface area contributed by atoms with Gasteiger partial charge in [0.2, 0.25) is 15.9 Å². The fourth-order valence-corrected chi connectivity index (χ4v) is 4.21. The van der Waals surface area contributed by atoms with E-state index < -0.39 is 22.0 Å². The average Bonchev–Trinajstić information content (AvgIpc) is 2.68. The highest BCUT2D eigenvalue weighted by molar-refractivity contribution is 7.92. The number of nitrogens with zero attached hydrogens (tertiary/aromatic N) is 1. The second-order valence-electron chi connectivity index (χ2n) is 6.51. The molecule has 0 aliphatic carbocycles. The second-order valence-corrected chi connectivity index (χ2v) is 8.37. The van der Waals surface area contributed by atoms with Crippen LogP contribution in [0, 0.1) is 0 Å². The number of fused-ring (bicyclic) bond motifs is 1. The molecule has 0 unspecified atom stereocenters. The third-order valence-electron chi connectivity index (χ3n) is 4.30. The maximum Gasteiger partial charge on any atom is 0.247 e. The molecule has 156 valence electrons. The van der Waals surface area contributed by atoms with Crippen LogP contribution in [0.3, 0.4) is 0 Å². The molecular weight excluding hydrogens is 396 g/mol. The normalized spacial score (nSPS) is 14.0. The zero-order valence-electron chi connectivity index (χ0n) is 16.5. The van der Waals surface area contributed by atoms with Crippen molar-refractivity contribution >= 4 is 27.3 Å². The van der Waals surface area contributed by atoms with Gasteiger partial charge in [0.15, 0.2) is 11.5 Å². The number of carbonyl (C=O) groups excluding carboxylic acids is 1. The number of hydrogen-bond acceptors (Lipinski definition) is 6. The number of rotatable bonds is 7. The Morgan fingerprint density at radius 2 is 1.79 bits per heavy atom. The highest BCUT2D eigenvalue weighted by atomic mass is 32.2. The van der Waals surface area contributed by atoms with Crippen molar-refractivity contribution < 1.29 is 27.4 Å². The largest absolute Gasteiger partial charge is 0.494 e. The summed E-state index contributed by atoms with van der Waals surface area (Å²) in [5.41, 5.74) is 0.868. The SMILES string of the molecule is CCOc1ccc(N([C@H](C)C(=O)Nc2ccc3c(c2)OCCO3)S(C)(=O)=O)cc1. The maximum absolute atomic E-state index is 12.8. The van der Waals surface area contributed by atoms with Crippen molar-refractivity contribution in [2.45, 2.75) is 19.9 Å². The predicted molar refractivity (Wildman–Crippen MR) is 110 cm³/mol. The molecule has 1 aliphatic rings. The summed E-state index contributed by atoms with van der Waals surface area (Å²) in [7, 11) is -3.71. The van der Waals surface area contributed by atoms with E-state index in [1.165, 1.54) is 6.92 Å². The van der Waals surface area contributed by atoms with Crippen molar-refractivity contribution in [2.24, 2.45) is 0 Å². The van der Waals surface area contributed by atoms with Gasteiger partial charge in [-0.25, -0.2) is 8.42 Å². The summed E-state index contributed by atoms with van der Waals surface area (Å²) in [5, 5.41) is 2.74. The summed E-state index contributed by atoms with van der Waals surface area (Å²) in [4.78, 5) is 12.8. The summed E-state index contributed by atoms with van der Waals surface area (Å²) in [6, 6.07) is 10.6. The molecule has 1 atom stereocenters. The standard InChI is InChI=1S/C20H24N2O6S/c1-4-26-17-8-6-16(7-9-17)22(29(3,24)25)14(2)20(23)21-15-5-10-18-19(13-15)28-12-11-27-18/h5-10,13-14H,4,11-12H2,1-3H3,(H,21,23)/t14-/m1/s1. The van der Waals surface area contributed by atoms with Gasteiger partial charge in [-0.3, -0.25) is 9.10 Å². The molecule has 29 heavy (non-hydrogen) atoms. The Kier molecular flexibility index (Phi) is 6.17. The van der Waals surface area contributed by atoms with Crippen LogP contribution >= 0.6 is 0 Å². The molecule has 0 saturated heterocycles. The van der Waals surface area contributed by atoms with Gasteiger partial charge in [0.05, 0.1) is 18.6 Å². The first kappa shape index (κ1) is 20.8. The van der Waals surface area contributed by atoms with Gasteiger partial charge in [-0.05, 0) is 50.2 Å². The fourth-order valence-electron chi connectivity index (χ4n) is 3.03. The van der Waals surface area contributed by atoms with Crippen LogP contribution in [0.5, 0.6) is 17.2 Å². The maximum atomic E-state index is 12.8. The molecule has 0 saturated carbocycles. The summed E-state index contributed by atoms with van der Waals surface area (Å²) in [5.74, 6) is 1.29.